The van der Waals surface area contributed by atoms with E-state index in [1.54, 1.807) is 10.9 Å². The van der Waals surface area contributed by atoms with Crippen molar-refractivity contribution >= 4 is 17.7 Å². The summed E-state index contributed by atoms with van der Waals surface area (Å²) in [5, 5.41) is 8.00. The van der Waals surface area contributed by atoms with Crippen molar-refractivity contribution in [2.75, 3.05) is 33.3 Å². The molecule has 0 spiro atoms. The minimum absolute atomic E-state index is 0.0400. The third-order valence-corrected chi connectivity index (χ3v) is 6.83. The highest BCUT2D eigenvalue weighted by atomic mass is 16.5. The van der Waals surface area contributed by atoms with E-state index in [0.717, 1.165) is 25.9 Å². The number of methoxy groups -OCH3 is 1. The van der Waals surface area contributed by atoms with Crippen LogP contribution in [0.1, 0.15) is 43.1 Å². The molecule has 0 radical (unpaired) electrons. The number of ether oxygens (including phenoxy) is 1. The summed E-state index contributed by atoms with van der Waals surface area (Å²) in [7, 11) is 1.42. The van der Waals surface area contributed by atoms with Crippen molar-refractivity contribution in [2.24, 2.45) is 17.8 Å². The summed E-state index contributed by atoms with van der Waals surface area (Å²) in [5.41, 5.74) is 0.393. The molecule has 9 heteroatoms. The molecule has 0 aromatic carbocycles. The highest BCUT2D eigenvalue weighted by molar-refractivity contribution is 5.91. The van der Waals surface area contributed by atoms with Crippen molar-refractivity contribution in [1.29, 1.82) is 0 Å². The van der Waals surface area contributed by atoms with Gasteiger partial charge in [0.25, 0.3) is 0 Å². The lowest BCUT2D eigenvalue weighted by atomic mass is 9.74. The van der Waals surface area contributed by atoms with Crippen LogP contribution < -0.4 is 0 Å². The van der Waals surface area contributed by atoms with Crippen LogP contribution in [0.25, 0.3) is 0 Å². The maximum absolute atomic E-state index is 13.2. The standard InChI is InChI=1S/C20H29N5O4/c1-13(26)18-12-25(22-21-18)10-16-9-15-5-8-24(16)11-17(15)19(27)23-6-3-14(4-7-23)20(28)29-2/h12,14-17H,3-11H2,1-2H3/t15?,16-,17+/m1/s1. The third kappa shape index (κ3) is 4.05. The SMILES string of the molecule is COC(=O)C1CCN(C(=O)[C@H]2CN3CCC2C[C@@H]3Cn2cc(C(C)=O)nn2)CC1. The molecule has 4 atom stereocenters. The van der Waals surface area contributed by atoms with Gasteiger partial charge in [-0.15, -0.1) is 5.10 Å². The molecule has 0 saturated carbocycles. The number of aromatic nitrogens is 3. The van der Waals surface area contributed by atoms with Gasteiger partial charge < -0.3 is 9.64 Å². The molecule has 0 N–H and O–H groups in total. The largest absolute Gasteiger partial charge is 0.469 e. The summed E-state index contributed by atoms with van der Waals surface area (Å²) in [6.45, 7) is 5.24. The Morgan fingerprint density at radius 1 is 1.17 bits per heavy atom. The number of Topliss-reactive ketones (excluding diaryl/α,β-unsaturated/α-hetero) is 1. The van der Waals surface area contributed by atoms with Crippen LogP contribution in [0, 0.1) is 17.8 Å². The van der Waals surface area contributed by atoms with E-state index in [9.17, 15) is 14.4 Å². The molecule has 1 aromatic heterocycles. The Labute approximate surface area is 170 Å². The van der Waals surface area contributed by atoms with Gasteiger partial charge in [0.15, 0.2) is 5.78 Å². The lowest BCUT2D eigenvalue weighted by Crippen LogP contribution is -2.59. The Balaban J connectivity index is 1.33. The van der Waals surface area contributed by atoms with Gasteiger partial charge in [0.1, 0.15) is 5.69 Å². The van der Waals surface area contributed by atoms with Gasteiger partial charge in [-0.2, -0.15) is 0 Å². The monoisotopic (exact) mass is 403 g/mol. The normalized spacial score (nSPS) is 29.7. The molecular weight excluding hydrogens is 374 g/mol. The molecule has 1 aromatic rings. The first-order valence-electron chi connectivity index (χ1n) is 10.5. The zero-order valence-electron chi connectivity index (χ0n) is 17.1. The molecule has 4 aliphatic rings. The lowest BCUT2D eigenvalue weighted by molar-refractivity contribution is -0.152. The second kappa shape index (κ2) is 8.22. The predicted octanol–water partition coefficient (Wildman–Crippen LogP) is 0.603. The number of rotatable bonds is 5. The Morgan fingerprint density at radius 2 is 1.93 bits per heavy atom. The Hall–Kier alpha value is -2.29. The summed E-state index contributed by atoms with van der Waals surface area (Å²) in [6.07, 6.45) is 5.09. The number of carbonyl (C=O) groups is 3. The van der Waals surface area contributed by atoms with E-state index in [2.05, 4.69) is 15.2 Å². The molecule has 2 bridgehead atoms. The van der Waals surface area contributed by atoms with E-state index in [1.807, 2.05) is 4.90 Å². The number of carbonyl (C=O) groups excluding carboxylic acids is 3. The minimum Gasteiger partial charge on any atom is -0.469 e. The highest BCUT2D eigenvalue weighted by Gasteiger charge is 2.45. The number of nitrogens with zero attached hydrogens (tertiary/aromatic N) is 5. The average Bonchev–Trinajstić information content (AvgIpc) is 3.22. The minimum atomic E-state index is -0.163. The van der Waals surface area contributed by atoms with Crippen LogP contribution in [0.3, 0.4) is 0 Å². The van der Waals surface area contributed by atoms with E-state index >= 15 is 0 Å². The number of amides is 1. The van der Waals surface area contributed by atoms with Gasteiger partial charge in [-0.1, -0.05) is 5.21 Å². The summed E-state index contributed by atoms with van der Waals surface area (Å²) in [6, 6.07) is 0.323. The molecule has 2 unspecified atom stereocenters. The van der Waals surface area contributed by atoms with Gasteiger partial charge in [-0.25, -0.2) is 0 Å². The van der Waals surface area contributed by atoms with Crippen molar-refractivity contribution in [2.45, 2.75) is 45.2 Å². The fourth-order valence-corrected chi connectivity index (χ4v) is 5.11. The zero-order valence-corrected chi connectivity index (χ0v) is 17.1. The lowest BCUT2D eigenvalue weighted by Gasteiger charge is -2.50. The molecule has 1 amide bonds. The Bertz CT molecular complexity index is 786. The molecule has 5 rings (SSSR count). The number of likely N-dealkylation sites (tertiary alicyclic amines) is 1. The second-order valence-corrected chi connectivity index (χ2v) is 8.54. The van der Waals surface area contributed by atoms with E-state index < -0.39 is 0 Å². The van der Waals surface area contributed by atoms with Gasteiger partial charge >= 0.3 is 5.97 Å². The topological polar surface area (TPSA) is 97.6 Å². The summed E-state index contributed by atoms with van der Waals surface area (Å²) >= 11 is 0. The first-order valence-corrected chi connectivity index (χ1v) is 10.5. The van der Waals surface area contributed by atoms with E-state index in [0.29, 0.717) is 50.1 Å². The van der Waals surface area contributed by atoms with E-state index in [1.165, 1.54) is 14.0 Å². The molecule has 0 aliphatic carbocycles. The number of fused-ring (bicyclic) bond motifs is 3. The van der Waals surface area contributed by atoms with Crippen LogP contribution in [-0.4, -0.2) is 81.8 Å². The van der Waals surface area contributed by atoms with Gasteiger partial charge in [0.05, 0.1) is 31.7 Å². The molecule has 4 saturated heterocycles. The number of hydrogen-bond acceptors (Lipinski definition) is 7. The molecule has 4 fully saturated rings. The van der Waals surface area contributed by atoms with Crippen molar-refractivity contribution < 1.29 is 19.1 Å². The summed E-state index contributed by atoms with van der Waals surface area (Å²) in [5.74, 6) is 0.334. The third-order valence-electron chi connectivity index (χ3n) is 6.83. The number of piperidine rings is 4. The fourth-order valence-electron chi connectivity index (χ4n) is 5.11. The van der Waals surface area contributed by atoms with Gasteiger partial charge in [-0.05, 0) is 38.1 Å². The molecule has 5 heterocycles. The number of ketones is 1. The second-order valence-electron chi connectivity index (χ2n) is 8.54. The number of esters is 1. The van der Waals surface area contributed by atoms with Crippen LogP contribution in [0.2, 0.25) is 0 Å². The molecule has 4 aliphatic heterocycles. The number of hydrogen-bond donors (Lipinski definition) is 0. The quantitative estimate of drug-likeness (QED) is 0.525. The Morgan fingerprint density at radius 3 is 2.52 bits per heavy atom. The summed E-state index contributed by atoms with van der Waals surface area (Å²) in [4.78, 5) is 40.6. The molecule has 158 valence electrons. The predicted molar refractivity (Wildman–Crippen MR) is 103 cm³/mol. The molecule has 9 nitrogen and oxygen atoms in total. The maximum atomic E-state index is 13.2. The molecular formula is C20H29N5O4. The van der Waals surface area contributed by atoms with Gasteiger partial charge in [0.2, 0.25) is 5.91 Å². The van der Waals surface area contributed by atoms with Gasteiger partial charge in [-0.3, -0.25) is 24.0 Å². The van der Waals surface area contributed by atoms with Gasteiger partial charge in [0, 0.05) is 32.6 Å². The van der Waals surface area contributed by atoms with Crippen LogP contribution in [0.5, 0.6) is 0 Å². The maximum Gasteiger partial charge on any atom is 0.308 e. The van der Waals surface area contributed by atoms with Crippen LogP contribution >= 0.6 is 0 Å². The van der Waals surface area contributed by atoms with Crippen molar-refractivity contribution in [3.63, 3.8) is 0 Å². The zero-order chi connectivity index (χ0) is 20.5. The van der Waals surface area contributed by atoms with Crippen LogP contribution in [-0.2, 0) is 20.9 Å². The van der Waals surface area contributed by atoms with Crippen molar-refractivity contribution in [1.82, 2.24) is 24.8 Å². The highest BCUT2D eigenvalue weighted by Crippen LogP contribution is 2.38. The summed E-state index contributed by atoms with van der Waals surface area (Å²) < 4.78 is 6.58. The average molecular weight is 403 g/mol. The van der Waals surface area contributed by atoms with E-state index in [4.69, 9.17) is 4.74 Å². The first-order chi connectivity index (χ1) is 14.0. The van der Waals surface area contributed by atoms with Crippen molar-refractivity contribution in [3.05, 3.63) is 11.9 Å². The van der Waals surface area contributed by atoms with Crippen LogP contribution in [0.4, 0.5) is 0 Å². The van der Waals surface area contributed by atoms with Crippen LogP contribution in [0.15, 0.2) is 6.20 Å². The Kier molecular flexibility index (Phi) is 5.67. The van der Waals surface area contributed by atoms with E-state index in [-0.39, 0.29) is 29.5 Å². The first kappa shape index (κ1) is 20.0. The molecule has 29 heavy (non-hydrogen) atoms. The smallest absolute Gasteiger partial charge is 0.308 e. The van der Waals surface area contributed by atoms with Crippen molar-refractivity contribution in [3.8, 4) is 0 Å². The fraction of sp³-hybridized carbons (Fsp3) is 0.750.